The van der Waals surface area contributed by atoms with Crippen molar-refractivity contribution >= 4 is 23.3 Å². The van der Waals surface area contributed by atoms with Gasteiger partial charge in [-0.25, -0.2) is 13.8 Å². The zero-order chi connectivity index (χ0) is 22.8. The van der Waals surface area contributed by atoms with Gasteiger partial charge in [0.15, 0.2) is 11.6 Å². The number of hydrogen-bond donors (Lipinski definition) is 4. The first-order valence-electron chi connectivity index (χ1n) is 10.6. The van der Waals surface area contributed by atoms with Gasteiger partial charge in [0.25, 0.3) is 0 Å². The molecule has 0 radical (unpaired) electrons. The third kappa shape index (κ3) is 4.50. The molecular weight excluding hydrogens is 418 g/mol. The van der Waals surface area contributed by atoms with Gasteiger partial charge in [-0.3, -0.25) is 9.59 Å². The van der Waals surface area contributed by atoms with Crippen LogP contribution in [0, 0.1) is 11.6 Å². The van der Waals surface area contributed by atoms with Gasteiger partial charge in [0, 0.05) is 25.3 Å². The fourth-order valence-electron chi connectivity index (χ4n) is 4.19. The third-order valence-electron chi connectivity index (χ3n) is 5.91. The smallest absolute Gasteiger partial charge is 0.242 e. The first-order valence-corrected chi connectivity index (χ1v) is 10.6. The number of nitrogen functional groups attached to an aromatic ring is 1. The number of hydrogen-bond acceptors (Lipinski definition) is 6. The van der Waals surface area contributed by atoms with E-state index < -0.39 is 23.7 Å². The van der Waals surface area contributed by atoms with Crippen molar-refractivity contribution in [3.63, 3.8) is 0 Å². The topological polar surface area (TPSA) is 112 Å². The van der Waals surface area contributed by atoms with Crippen molar-refractivity contribution in [2.75, 3.05) is 30.3 Å². The van der Waals surface area contributed by atoms with E-state index in [1.807, 2.05) is 6.07 Å². The lowest BCUT2D eigenvalue weighted by Gasteiger charge is -2.35. The minimum atomic E-state index is -0.936. The number of nitrogens with zero attached hydrogens (tertiary/aromatic N) is 2. The van der Waals surface area contributed by atoms with Crippen molar-refractivity contribution in [2.24, 2.45) is 0 Å². The predicted molar refractivity (Wildman–Crippen MR) is 116 cm³/mol. The van der Waals surface area contributed by atoms with E-state index in [0.717, 1.165) is 30.2 Å². The van der Waals surface area contributed by atoms with Crippen molar-refractivity contribution in [3.8, 4) is 0 Å². The number of nitrogens with two attached hydrogens (primary N) is 1. The van der Waals surface area contributed by atoms with Gasteiger partial charge in [-0.05, 0) is 43.5 Å². The van der Waals surface area contributed by atoms with E-state index in [2.05, 4.69) is 20.9 Å². The van der Waals surface area contributed by atoms with E-state index in [1.165, 1.54) is 12.1 Å². The molecular formula is C22H26F2N6O2. The van der Waals surface area contributed by atoms with Gasteiger partial charge in [0.2, 0.25) is 11.8 Å². The number of carbonyl (C=O) groups is 2. The van der Waals surface area contributed by atoms with E-state index in [4.69, 9.17) is 5.73 Å². The van der Waals surface area contributed by atoms with E-state index >= 15 is 0 Å². The first-order chi connectivity index (χ1) is 15.3. The maximum absolute atomic E-state index is 14.1. The molecule has 5 N–H and O–H groups in total. The fraction of sp³-hybridized carbons (Fsp3) is 0.409. The zero-order valence-corrected chi connectivity index (χ0v) is 17.7. The Labute approximate surface area is 184 Å². The summed E-state index contributed by atoms with van der Waals surface area (Å²) in [6.45, 7) is 2.62. The predicted octanol–water partition coefficient (Wildman–Crippen LogP) is 1.03. The van der Waals surface area contributed by atoms with Crippen LogP contribution in [0.1, 0.15) is 30.6 Å². The number of pyridine rings is 1. The number of carbonyl (C=O) groups excluding carboxylic acids is 2. The number of aryl methyl sites for hydroxylation is 1. The van der Waals surface area contributed by atoms with Crippen LogP contribution in [0.3, 0.4) is 0 Å². The normalized spacial score (nSPS) is 21.0. The number of amides is 2. The van der Waals surface area contributed by atoms with Crippen molar-refractivity contribution in [3.05, 3.63) is 53.2 Å². The van der Waals surface area contributed by atoms with Crippen LogP contribution in [0.4, 0.5) is 20.3 Å². The monoisotopic (exact) mass is 444 g/mol. The van der Waals surface area contributed by atoms with Crippen molar-refractivity contribution < 1.29 is 18.4 Å². The van der Waals surface area contributed by atoms with Gasteiger partial charge in [0.05, 0.1) is 11.7 Å². The molecule has 1 fully saturated rings. The molecule has 1 aromatic heterocycles. The largest absolute Gasteiger partial charge is 0.384 e. The van der Waals surface area contributed by atoms with Crippen molar-refractivity contribution in [1.82, 2.24) is 20.9 Å². The van der Waals surface area contributed by atoms with Gasteiger partial charge in [-0.15, -0.1) is 0 Å². The van der Waals surface area contributed by atoms with Crippen LogP contribution in [0.15, 0.2) is 30.3 Å². The molecule has 8 nitrogen and oxygen atoms in total. The second-order valence-corrected chi connectivity index (χ2v) is 8.13. The molecule has 4 rings (SSSR count). The molecule has 2 heterocycles. The Bertz CT molecular complexity index is 1030. The Hall–Kier alpha value is -3.27. The van der Waals surface area contributed by atoms with E-state index in [-0.39, 0.29) is 30.1 Å². The molecule has 1 aliphatic carbocycles. The minimum Gasteiger partial charge on any atom is -0.384 e. The van der Waals surface area contributed by atoms with Gasteiger partial charge in [0.1, 0.15) is 17.9 Å². The van der Waals surface area contributed by atoms with Crippen LogP contribution in [-0.2, 0) is 16.0 Å². The summed E-state index contributed by atoms with van der Waals surface area (Å²) in [5.41, 5.74) is 7.65. The summed E-state index contributed by atoms with van der Waals surface area (Å²) in [7, 11) is 0. The van der Waals surface area contributed by atoms with Gasteiger partial charge >= 0.3 is 0 Å². The van der Waals surface area contributed by atoms with Crippen LogP contribution >= 0.6 is 0 Å². The Morgan fingerprint density at radius 3 is 2.91 bits per heavy atom. The fourth-order valence-corrected chi connectivity index (χ4v) is 4.19. The van der Waals surface area contributed by atoms with Crippen LogP contribution in [-0.4, -0.2) is 48.5 Å². The molecule has 0 spiro atoms. The lowest BCUT2D eigenvalue weighted by molar-refractivity contribution is -0.130. The molecule has 0 saturated carbocycles. The Kier molecular flexibility index (Phi) is 6.22. The third-order valence-corrected chi connectivity index (χ3v) is 5.91. The molecule has 3 atom stereocenters. The number of anilines is 2. The molecule has 0 bridgehead atoms. The highest BCUT2D eigenvalue weighted by Crippen LogP contribution is 2.30. The molecule has 1 aliphatic heterocycles. The van der Waals surface area contributed by atoms with Crippen molar-refractivity contribution in [2.45, 2.75) is 37.9 Å². The minimum absolute atomic E-state index is 0.115. The lowest BCUT2D eigenvalue weighted by atomic mass is 10.1. The van der Waals surface area contributed by atoms with Gasteiger partial charge in [-0.2, -0.15) is 0 Å². The summed E-state index contributed by atoms with van der Waals surface area (Å²) in [5.74, 6) is -2.11. The Morgan fingerprint density at radius 1 is 1.28 bits per heavy atom. The molecule has 32 heavy (non-hydrogen) atoms. The van der Waals surface area contributed by atoms with Crippen LogP contribution in [0.25, 0.3) is 0 Å². The molecule has 3 unspecified atom stereocenters. The van der Waals surface area contributed by atoms with Crippen molar-refractivity contribution in [1.29, 1.82) is 0 Å². The number of benzene rings is 1. The average molecular weight is 444 g/mol. The van der Waals surface area contributed by atoms with Gasteiger partial charge < -0.3 is 26.6 Å². The molecule has 2 aromatic rings. The van der Waals surface area contributed by atoms with Gasteiger partial charge in [-0.1, -0.05) is 12.1 Å². The number of rotatable bonds is 5. The average Bonchev–Trinajstić information content (AvgIpc) is 3.17. The summed E-state index contributed by atoms with van der Waals surface area (Å²) in [4.78, 5) is 31.3. The zero-order valence-electron chi connectivity index (χ0n) is 17.7. The highest BCUT2D eigenvalue weighted by molar-refractivity contribution is 5.90. The highest BCUT2D eigenvalue weighted by Gasteiger charge is 2.31. The number of halogens is 2. The highest BCUT2D eigenvalue weighted by atomic mass is 19.2. The SMILES string of the molecule is CC(NC(=O)C1CN(c2cccc(F)c2F)CCN1)C(=O)NC1CCc2nc(N)ccc21. The molecule has 1 aromatic carbocycles. The van der Waals surface area contributed by atoms with E-state index in [9.17, 15) is 18.4 Å². The maximum Gasteiger partial charge on any atom is 0.242 e. The number of aromatic nitrogens is 1. The van der Waals surface area contributed by atoms with Crippen LogP contribution in [0.2, 0.25) is 0 Å². The van der Waals surface area contributed by atoms with E-state index in [0.29, 0.717) is 18.9 Å². The Balaban J connectivity index is 1.34. The molecule has 2 aliphatic rings. The summed E-state index contributed by atoms with van der Waals surface area (Å²) < 4.78 is 27.7. The maximum atomic E-state index is 14.1. The number of nitrogens with one attached hydrogen (secondary N) is 3. The molecule has 10 heteroatoms. The number of fused-ring (bicyclic) bond motifs is 1. The summed E-state index contributed by atoms with van der Waals surface area (Å²) in [6.07, 6.45) is 1.45. The standard InChI is InChI=1S/C22H26F2N6O2/c1-12(21(31)29-16-7-6-15-13(16)5-8-19(25)28-15)27-22(32)17-11-30(10-9-26-17)18-4-2-3-14(23)20(18)24/h2-5,8,12,16-17,26H,6-7,9-11H2,1H3,(H2,25,28)(H,27,32)(H,29,31). The van der Waals surface area contributed by atoms with Crippen LogP contribution in [0.5, 0.6) is 0 Å². The summed E-state index contributed by atoms with van der Waals surface area (Å²) >= 11 is 0. The lowest BCUT2D eigenvalue weighted by Crippen LogP contribution is -2.59. The molecule has 170 valence electrons. The quantitative estimate of drug-likeness (QED) is 0.548. The van der Waals surface area contributed by atoms with E-state index in [1.54, 1.807) is 17.9 Å². The second kappa shape index (κ2) is 9.07. The summed E-state index contributed by atoms with van der Waals surface area (Å²) in [6, 6.07) is 5.93. The Morgan fingerprint density at radius 2 is 2.09 bits per heavy atom. The number of piperazine rings is 1. The van der Waals surface area contributed by atoms with Crippen LogP contribution < -0.4 is 26.6 Å². The summed E-state index contributed by atoms with van der Waals surface area (Å²) in [5, 5.41) is 8.73. The first kappa shape index (κ1) is 21.9. The molecule has 1 saturated heterocycles. The second-order valence-electron chi connectivity index (χ2n) is 8.13. The molecule has 2 amide bonds.